The monoisotopic (exact) mass is 186 g/mol. The van der Waals surface area contributed by atoms with E-state index in [-0.39, 0.29) is 0 Å². The van der Waals surface area contributed by atoms with Gasteiger partial charge in [0, 0.05) is 11.9 Å². The minimum atomic E-state index is 0.551. The lowest BCUT2D eigenvalue weighted by atomic mass is 9.80. The summed E-state index contributed by atoms with van der Waals surface area (Å²) in [6.07, 6.45) is 3.96. The minimum absolute atomic E-state index is 0.551. The Morgan fingerprint density at radius 1 is 1.50 bits per heavy atom. The molecule has 1 aromatic heterocycles. The molecule has 1 heterocycles. The Morgan fingerprint density at radius 2 is 2.29 bits per heavy atom. The molecule has 0 bridgehead atoms. The molecule has 0 radical (unpaired) electrons. The van der Waals surface area contributed by atoms with Gasteiger partial charge in [-0.15, -0.1) is 0 Å². The Bertz CT molecular complexity index is 390. The second-order valence-corrected chi connectivity index (χ2v) is 4.32. The van der Waals surface area contributed by atoms with Crippen molar-refractivity contribution in [2.45, 2.75) is 32.6 Å². The first-order chi connectivity index (χ1) is 6.70. The van der Waals surface area contributed by atoms with E-state index >= 15 is 0 Å². The van der Waals surface area contributed by atoms with Crippen LogP contribution in [0, 0.1) is 17.2 Å². The van der Waals surface area contributed by atoms with Crippen LogP contribution in [-0.4, -0.2) is 4.98 Å². The summed E-state index contributed by atoms with van der Waals surface area (Å²) in [5.41, 5.74) is 3.16. The third-order valence-electron chi connectivity index (χ3n) is 2.96. The number of rotatable bonds is 0. The van der Waals surface area contributed by atoms with Gasteiger partial charge in [-0.3, -0.25) is 4.98 Å². The summed E-state index contributed by atoms with van der Waals surface area (Å²) in [6.45, 7) is 4.48. The van der Waals surface area contributed by atoms with Crippen molar-refractivity contribution in [1.29, 1.82) is 5.26 Å². The Morgan fingerprint density at radius 3 is 3.00 bits per heavy atom. The average Bonchev–Trinajstić information content (AvgIpc) is 2.17. The third kappa shape index (κ3) is 1.50. The summed E-state index contributed by atoms with van der Waals surface area (Å²) in [7, 11) is 0. The number of nitrogens with zero attached hydrogens (tertiary/aromatic N) is 2. The first kappa shape index (κ1) is 9.21. The highest BCUT2D eigenvalue weighted by atomic mass is 14.7. The van der Waals surface area contributed by atoms with Crippen LogP contribution in [-0.2, 0) is 6.42 Å². The molecule has 0 aromatic carbocycles. The van der Waals surface area contributed by atoms with Gasteiger partial charge in [-0.2, -0.15) is 5.26 Å². The van der Waals surface area contributed by atoms with E-state index in [4.69, 9.17) is 5.26 Å². The zero-order valence-corrected chi connectivity index (χ0v) is 8.62. The summed E-state index contributed by atoms with van der Waals surface area (Å²) in [6, 6.07) is 4.15. The number of aromatic nitrogens is 1. The smallest absolute Gasteiger partial charge is 0.101 e. The normalized spacial score (nSPS) is 25.2. The molecule has 1 aliphatic rings. The van der Waals surface area contributed by atoms with Crippen LogP contribution in [0.5, 0.6) is 0 Å². The van der Waals surface area contributed by atoms with Crippen LogP contribution in [0.3, 0.4) is 0 Å². The molecule has 72 valence electrons. The molecule has 0 aliphatic heterocycles. The standard InChI is InChI=1S/C12H14N2/c1-8-3-9(2)11-5-10(6-13)7-14-12(11)4-8/h5,7-9H,3-4H2,1-2H3. The molecule has 2 nitrogen and oxygen atoms in total. The molecule has 14 heavy (non-hydrogen) atoms. The molecule has 0 saturated carbocycles. The van der Waals surface area contributed by atoms with Crippen LogP contribution >= 0.6 is 0 Å². The number of nitriles is 1. The summed E-state index contributed by atoms with van der Waals surface area (Å²) in [5.74, 6) is 1.27. The molecular formula is C12H14N2. The van der Waals surface area contributed by atoms with Crippen molar-refractivity contribution in [2.24, 2.45) is 5.92 Å². The Labute approximate surface area is 84.6 Å². The third-order valence-corrected chi connectivity index (χ3v) is 2.96. The fourth-order valence-corrected chi connectivity index (χ4v) is 2.31. The number of hydrogen-bond acceptors (Lipinski definition) is 2. The molecule has 1 aromatic rings. The van der Waals surface area contributed by atoms with Crippen molar-refractivity contribution in [3.8, 4) is 6.07 Å². The van der Waals surface area contributed by atoms with Crippen LogP contribution in [0.2, 0.25) is 0 Å². The van der Waals surface area contributed by atoms with Crippen molar-refractivity contribution in [3.63, 3.8) is 0 Å². The van der Waals surface area contributed by atoms with E-state index in [1.165, 1.54) is 17.7 Å². The molecule has 0 amide bonds. The van der Waals surface area contributed by atoms with Crippen molar-refractivity contribution in [2.75, 3.05) is 0 Å². The molecule has 2 atom stereocenters. The SMILES string of the molecule is CC1Cc2ncc(C#N)cc2C(C)C1. The number of fused-ring (bicyclic) bond motifs is 1. The van der Waals surface area contributed by atoms with Crippen LogP contribution < -0.4 is 0 Å². The molecule has 2 unspecified atom stereocenters. The van der Waals surface area contributed by atoms with Crippen LogP contribution in [0.15, 0.2) is 12.3 Å². The Balaban J connectivity index is 2.45. The lowest BCUT2D eigenvalue weighted by Gasteiger charge is -2.26. The van der Waals surface area contributed by atoms with E-state index in [9.17, 15) is 0 Å². The highest BCUT2D eigenvalue weighted by molar-refractivity contribution is 5.36. The summed E-state index contributed by atoms with van der Waals surface area (Å²) in [4.78, 5) is 4.37. The topological polar surface area (TPSA) is 36.7 Å². The molecule has 0 saturated heterocycles. The fraction of sp³-hybridized carbons (Fsp3) is 0.500. The lowest BCUT2D eigenvalue weighted by Crippen LogP contribution is -2.16. The van der Waals surface area contributed by atoms with Gasteiger partial charge >= 0.3 is 0 Å². The van der Waals surface area contributed by atoms with Crippen molar-refractivity contribution in [1.82, 2.24) is 4.98 Å². The average molecular weight is 186 g/mol. The van der Waals surface area contributed by atoms with Gasteiger partial charge in [0.25, 0.3) is 0 Å². The number of pyridine rings is 1. The highest BCUT2D eigenvalue weighted by Crippen LogP contribution is 2.33. The quantitative estimate of drug-likeness (QED) is 0.624. The maximum Gasteiger partial charge on any atom is 0.101 e. The summed E-state index contributed by atoms with van der Waals surface area (Å²) in [5, 5.41) is 8.79. The molecule has 2 rings (SSSR count). The van der Waals surface area contributed by atoms with E-state index in [0.717, 1.165) is 12.3 Å². The van der Waals surface area contributed by atoms with Crippen molar-refractivity contribution in [3.05, 3.63) is 29.1 Å². The predicted molar refractivity (Wildman–Crippen MR) is 54.9 cm³/mol. The second-order valence-electron chi connectivity index (χ2n) is 4.32. The van der Waals surface area contributed by atoms with Crippen LogP contribution in [0.1, 0.15) is 43.0 Å². The zero-order valence-electron chi connectivity index (χ0n) is 8.62. The van der Waals surface area contributed by atoms with Crippen molar-refractivity contribution < 1.29 is 0 Å². The minimum Gasteiger partial charge on any atom is -0.260 e. The predicted octanol–water partition coefficient (Wildman–Crippen LogP) is 2.64. The van der Waals surface area contributed by atoms with E-state index in [2.05, 4.69) is 24.9 Å². The molecular weight excluding hydrogens is 172 g/mol. The zero-order chi connectivity index (χ0) is 10.1. The first-order valence-corrected chi connectivity index (χ1v) is 5.09. The summed E-state index contributed by atoms with van der Waals surface area (Å²) < 4.78 is 0. The van der Waals surface area contributed by atoms with Crippen LogP contribution in [0.4, 0.5) is 0 Å². The fourth-order valence-electron chi connectivity index (χ4n) is 2.31. The van der Waals surface area contributed by atoms with E-state index in [0.29, 0.717) is 11.5 Å². The van der Waals surface area contributed by atoms with Gasteiger partial charge in [0.1, 0.15) is 6.07 Å². The number of hydrogen-bond donors (Lipinski definition) is 0. The van der Waals surface area contributed by atoms with Crippen LogP contribution in [0.25, 0.3) is 0 Å². The second kappa shape index (κ2) is 3.42. The maximum absolute atomic E-state index is 8.79. The molecule has 0 N–H and O–H groups in total. The van der Waals surface area contributed by atoms with Gasteiger partial charge in [0.15, 0.2) is 0 Å². The van der Waals surface area contributed by atoms with E-state index in [1.807, 2.05) is 6.07 Å². The van der Waals surface area contributed by atoms with Gasteiger partial charge in [-0.1, -0.05) is 13.8 Å². The Kier molecular flexibility index (Phi) is 2.25. The summed E-state index contributed by atoms with van der Waals surface area (Å²) >= 11 is 0. The van der Waals surface area contributed by atoms with Crippen molar-refractivity contribution >= 4 is 0 Å². The molecule has 0 fully saturated rings. The largest absolute Gasteiger partial charge is 0.260 e. The highest BCUT2D eigenvalue weighted by Gasteiger charge is 2.22. The lowest BCUT2D eigenvalue weighted by molar-refractivity contribution is 0.442. The maximum atomic E-state index is 8.79. The van der Waals surface area contributed by atoms with E-state index < -0.39 is 0 Å². The molecule has 0 spiro atoms. The van der Waals surface area contributed by atoms with Gasteiger partial charge in [-0.05, 0) is 36.3 Å². The van der Waals surface area contributed by atoms with Gasteiger partial charge < -0.3 is 0 Å². The van der Waals surface area contributed by atoms with Gasteiger partial charge in [-0.25, -0.2) is 0 Å². The molecule has 2 heteroatoms. The van der Waals surface area contributed by atoms with Gasteiger partial charge in [0.05, 0.1) is 5.56 Å². The Hall–Kier alpha value is -1.36. The van der Waals surface area contributed by atoms with E-state index in [1.54, 1.807) is 6.20 Å². The molecule has 1 aliphatic carbocycles. The van der Waals surface area contributed by atoms with Gasteiger partial charge in [0.2, 0.25) is 0 Å². The first-order valence-electron chi connectivity index (χ1n) is 5.09.